The van der Waals surface area contributed by atoms with Gasteiger partial charge < -0.3 is 0 Å². The standard InChI is InChI=1S/C17H13Br/c1-2-17(14-6-4-3-5-7-14)12-16(17)13-8-10-15(18)11-9-13/h1,3-11,16H,12H2. The molecule has 0 bridgehead atoms. The number of hydrogen-bond donors (Lipinski definition) is 0. The van der Waals surface area contributed by atoms with E-state index in [9.17, 15) is 0 Å². The Balaban J connectivity index is 1.95. The summed E-state index contributed by atoms with van der Waals surface area (Å²) in [7, 11) is 0. The maximum Gasteiger partial charge on any atom is 0.0635 e. The first kappa shape index (κ1) is 11.6. The van der Waals surface area contributed by atoms with Crippen molar-refractivity contribution in [3.8, 4) is 12.3 Å². The molecule has 1 saturated carbocycles. The van der Waals surface area contributed by atoms with Crippen LogP contribution >= 0.6 is 15.9 Å². The summed E-state index contributed by atoms with van der Waals surface area (Å²) < 4.78 is 1.11. The lowest BCUT2D eigenvalue weighted by molar-refractivity contribution is 0.873. The van der Waals surface area contributed by atoms with Crippen molar-refractivity contribution in [1.29, 1.82) is 0 Å². The van der Waals surface area contributed by atoms with E-state index in [2.05, 4.69) is 70.4 Å². The lowest BCUT2D eigenvalue weighted by atomic mass is 9.92. The van der Waals surface area contributed by atoms with E-state index in [1.807, 2.05) is 6.07 Å². The number of halogens is 1. The van der Waals surface area contributed by atoms with Crippen LogP contribution in [0.15, 0.2) is 59.1 Å². The van der Waals surface area contributed by atoms with E-state index in [1.54, 1.807) is 0 Å². The van der Waals surface area contributed by atoms with Gasteiger partial charge in [0, 0.05) is 10.4 Å². The normalized spacial score (nSPS) is 25.4. The van der Waals surface area contributed by atoms with Crippen molar-refractivity contribution in [1.82, 2.24) is 0 Å². The highest BCUT2D eigenvalue weighted by Crippen LogP contribution is 2.60. The fourth-order valence-corrected chi connectivity index (χ4v) is 2.92. The molecular formula is C17H13Br. The molecule has 0 radical (unpaired) electrons. The van der Waals surface area contributed by atoms with Crippen molar-refractivity contribution in [3.05, 3.63) is 70.2 Å². The molecule has 2 atom stereocenters. The highest BCUT2D eigenvalue weighted by atomic mass is 79.9. The highest BCUT2D eigenvalue weighted by Gasteiger charge is 2.54. The van der Waals surface area contributed by atoms with E-state index < -0.39 is 0 Å². The zero-order chi connectivity index (χ0) is 12.6. The second kappa shape index (κ2) is 4.30. The average molecular weight is 297 g/mol. The second-order valence-corrected chi connectivity index (χ2v) is 5.71. The Bertz CT molecular complexity index is 592. The van der Waals surface area contributed by atoms with Gasteiger partial charge in [0.2, 0.25) is 0 Å². The lowest BCUT2D eigenvalue weighted by Gasteiger charge is -2.11. The third-order valence-corrected chi connectivity index (χ3v) is 4.31. The van der Waals surface area contributed by atoms with Crippen LogP contribution < -0.4 is 0 Å². The van der Waals surface area contributed by atoms with Gasteiger partial charge in [-0.3, -0.25) is 0 Å². The molecule has 1 heteroatoms. The number of terminal acetylenes is 1. The van der Waals surface area contributed by atoms with Crippen molar-refractivity contribution >= 4 is 15.9 Å². The van der Waals surface area contributed by atoms with E-state index in [-0.39, 0.29) is 5.41 Å². The minimum atomic E-state index is -0.0882. The molecule has 0 aromatic heterocycles. The number of benzene rings is 2. The Morgan fingerprint density at radius 2 is 1.72 bits per heavy atom. The zero-order valence-corrected chi connectivity index (χ0v) is 11.5. The molecule has 88 valence electrons. The van der Waals surface area contributed by atoms with Gasteiger partial charge in [0.25, 0.3) is 0 Å². The van der Waals surface area contributed by atoms with Crippen LogP contribution in [-0.2, 0) is 5.41 Å². The van der Waals surface area contributed by atoms with Gasteiger partial charge in [-0.05, 0) is 29.7 Å². The molecular weight excluding hydrogens is 284 g/mol. The summed E-state index contributed by atoms with van der Waals surface area (Å²) >= 11 is 3.47. The molecule has 1 aliphatic rings. The molecule has 2 unspecified atom stereocenters. The predicted molar refractivity (Wildman–Crippen MR) is 78.5 cm³/mol. The van der Waals surface area contributed by atoms with E-state index in [4.69, 9.17) is 6.42 Å². The third kappa shape index (κ3) is 1.78. The monoisotopic (exact) mass is 296 g/mol. The molecule has 3 rings (SSSR count). The quantitative estimate of drug-likeness (QED) is 0.716. The van der Waals surface area contributed by atoms with Crippen LogP contribution in [0, 0.1) is 12.3 Å². The average Bonchev–Trinajstić information content (AvgIpc) is 3.17. The molecule has 0 saturated heterocycles. The summed E-state index contributed by atoms with van der Waals surface area (Å²) in [6.45, 7) is 0. The first-order valence-corrected chi connectivity index (χ1v) is 6.84. The molecule has 0 heterocycles. The van der Waals surface area contributed by atoms with Gasteiger partial charge in [0.15, 0.2) is 0 Å². The third-order valence-electron chi connectivity index (χ3n) is 3.78. The summed E-state index contributed by atoms with van der Waals surface area (Å²) in [6.07, 6.45) is 6.85. The summed E-state index contributed by atoms with van der Waals surface area (Å²) in [6, 6.07) is 18.9. The van der Waals surface area contributed by atoms with Crippen LogP contribution in [0.3, 0.4) is 0 Å². The molecule has 0 N–H and O–H groups in total. The van der Waals surface area contributed by atoms with Crippen LogP contribution in [-0.4, -0.2) is 0 Å². The Labute approximate surface area is 116 Å². The molecule has 18 heavy (non-hydrogen) atoms. The van der Waals surface area contributed by atoms with Crippen LogP contribution in [0.5, 0.6) is 0 Å². The first-order valence-electron chi connectivity index (χ1n) is 6.05. The predicted octanol–water partition coefficient (Wildman–Crippen LogP) is 4.51. The van der Waals surface area contributed by atoms with Crippen molar-refractivity contribution in [2.24, 2.45) is 0 Å². The second-order valence-electron chi connectivity index (χ2n) is 4.79. The Kier molecular flexibility index (Phi) is 2.76. The summed E-state index contributed by atoms with van der Waals surface area (Å²) in [5, 5.41) is 0. The van der Waals surface area contributed by atoms with Gasteiger partial charge >= 0.3 is 0 Å². The summed E-state index contributed by atoms with van der Waals surface area (Å²) in [5.41, 5.74) is 2.51. The molecule has 1 aliphatic carbocycles. The maximum absolute atomic E-state index is 5.80. The molecule has 0 aliphatic heterocycles. The minimum Gasteiger partial charge on any atom is -0.119 e. The van der Waals surface area contributed by atoms with E-state index in [0.29, 0.717) is 5.92 Å². The zero-order valence-electron chi connectivity index (χ0n) is 9.94. The largest absolute Gasteiger partial charge is 0.119 e. The minimum absolute atomic E-state index is 0.0882. The van der Waals surface area contributed by atoms with Crippen LogP contribution in [0.25, 0.3) is 0 Å². The molecule has 0 spiro atoms. The van der Waals surface area contributed by atoms with E-state index in [0.717, 1.165) is 10.9 Å². The SMILES string of the molecule is C#CC1(c2ccccc2)CC1c1ccc(Br)cc1. The molecule has 2 aromatic carbocycles. The van der Waals surface area contributed by atoms with E-state index in [1.165, 1.54) is 11.1 Å². The molecule has 2 aromatic rings. The summed E-state index contributed by atoms with van der Waals surface area (Å²) in [5.74, 6) is 3.48. The topological polar surface area (TPSA) is 0 Å². The fourth-order valence-electron chi connectivity index (χ4n) is 2.66. The van der Waals surface area contributed by atoms with Gasteiger partial charge in [0.1, 0.15) is 0 Å². The van der Waals surface area contributed by atoms with Gasteiger partial charge in [-0.15, -0.1) is 6.42 Å². The molecule has 0 nitrogen and oxygen atoms in total. The summed E-state index contributed by atoms with van der Waals surface area (Å²) in [4.78, 5) is 0. The van der Waals surface area contributed by atoms with E-state index >= 15 is 0 Å². The Morgan fingerprint density at radius 1 is 1.06 bits per heavy atom. The number of rotatable bonds is 2. The van der Waals surface area contributed by atoms with Crippen molar-refractivity contribution in [3.63, 3.8) is 0 Å². The Morgan fingerprint density at radius 3 is 2.33 bits per heavy atom. The van der Waals surface area contributed by atoms with Gasteiger partial charge in [0.05, 0.1) is 5.41 Å². The molecule has 1 fully saturated rings. The molecule has 0 amide bonds. The van der Waals surface area contributed by atoms with Crippen molar-refractivity contribution in [2.75, 3.05) is 0 Å². The maximum atomic E-state index is 5.80. The van der Waals surface area contributed by atoms with Crippen LogP contribution in [0.1, 0.15) is 23.5 Å². The smallest absolute Gasteiger partial charge is 0.0635 e. The Hall–Kier alpha value is -1.52. The van der Waals surface area contributed by atoms with Gasteiger partial charge in [-0.1, -0.05) is 64.3 Å². The number of hydrogen-bond acceptors (Lipinski definition) is 0. The van der Waals surface area contributed by atoms with Crippen LogP contribution in [0.4, 0.5) is 0 Å². The van der Waals surface area contributed by atoms with Crippen molar-refractivity contribution in [2.45, 2.75) is 17.8 Å². The van der Waals surface area contributed by atoms with Crippen LogP contribution in [0.2, 0.25) is 0 Å². The van der Waals surface area contributed by atoms with Crippen molar-refractivity contribution < 1.29 is 0 Å². The lowest BCUT2D eigenvalue weighted by Crippen LogP contribution is -2.06. The highest BCUT2D eigenvalue weighted by molar-refractivity contribution is 9.10. The first-order chi connectivity index (χ1) is 8.76. The van der Waals surface area contributed by atoms with Gasteiger partial charge in [-0.25, -0.2) is 0 Å². The van der Waals surface area contributed by atoms with Gasteiger partial charge in [-0.2, -0.15) is 0 Å². The fraction of sp³-hybridized carbons (Fsp3) is 0.176.